The van der Waals surface area contributed by atoms with Crippen molar-refractivity contribution in [2.45, 2.75) is 117 Å². The Kier molecular flexibility index (Phi) is 20.4. The number of ether oxygens (including phenoxy) is 2. The molecule has 0 saturated heterocycles. The van der Waals surface area contributed by atoms with Crippen LogP contribution in [-0.2, 0) is 84.9 Å². The smallest absolute Gasteiger partial charge is 0.323 e. The number of carbonyl (C=O) groups excluding carboxylic acids is 7. The Morgan fingerprint density at radius 3 is 1.59 bits per heavy atom. The van der Waals surface area contributed by atoms with E-state index < -0.39 is 0 Å². The van der Waals surface area contributed by atoms with Crippen LogP contribution < -0.4 is 25.8 Å². The summed E-state index contributed by atoms with van der Waals surface area (Å²) in [5, 5.41) is 6.17. The van der Waals surface area contributed by atoms with E-state index in [2.05, 4.69) is 46.6 Å². The van der Waals surface area contributed by atoms with E-state index in [1.807, 2.05) is 175 Å². The first kappa shape index (κ1) is 63.1. The van der Waals surface area contributed by atoms with Gasteiger partial charge in [-0.3, -0.25) is 33.6 Å². The maximum atomic E-state index is 11.1. The number of ketones is 1. The molecule has 7 heterocycles. The molecule has 0 atom stereocenters. The first-order valence-electron chi connectivity index (χ1n) is 28.9. The number of imidazole rings is 1. The minimum Gasteiger partial charge on any atom is -0.426 e. The molecule has 0 saturated carbocycles. The van der Waals surface area contributed by atoms with Gasteiger partial charge in [0.05, 0.1) is 36.7 Å². The maximum Gasteiger partial charge on any atom is 0.323 e. The fourth-order valence-electron chi connectivity index (χ4n) is 10.9. The lowest BCUT2D eigenvalue weighted by atomic mass is 10.1. The number of para-hydroxylation sites is 3. The number of esters is 2. The van der Waals surface area contributed by atoms with Crippen molar-refractivity contribution in [3.63, 3.8) is 0 Å². The number of nitrogens with one attached hydrogen (secondary N) is 4. The number of aromatic amines is 2. The van der Waals surface area contributed by atoms with Crippen molar-refractivity contribution in [3.8, 4) is 11.5 Å². The molecule has 1 aliphatic carbocycles. The lowest BCUT2D eigenvalue weighted by molar-refractivity contribution is -0.132. The average molecular weight is 1210 g/mol. The van der Waals surface area contributed by atoms with E-state index in [1.54, 1.807) is 0 Å². The summed E-state index contributed by atoms with van der Waals surface area (Å²) in [6.07, 6.45) is 4.48. The number of hydrogen-bond acceptors (Lipinski definition) is 12. The first-order valence-corrected chi connectivity index (χ1v) is 30.5. The summed E-state index contributed by atoms with van der Waals surface area (Å²) < 4.78 is 9.95. The van der Waals surface area contributed by atoms with E-state index in [4.69, 9.17) is 9.47 Å². The van der Waals surface area contributed by atoms with Crippen LogP contribution in [0.15, 0.2) is 160 Å². The molecule has 88 heavy (non-hydrogen) atoms. The molecular weight excluding hydrogens is 1140 g/mol. The molecule has 6 aliphatic heterocycles. The molecule has 7 aliphatic rings. The lowest BCUT2D eigenvalue weighted by Crippen LogP contribution is -2.04. The van der Waals surface area contributed by atoms with Crippen molar-refractivity contribution in [2.24, 2.45) is 0 Å². The summed E-state index contributed by atoms with van der Waals surface area (Å²) in [5.41, 5.74) is 22.2. The lowest BCUT2D eigenvalue weighted by Gasteiger charge is -2.00. The molecule has 14 nitrogen and oxygen atoms in total. The summed E-state index contributed by atoms with van der Waals surface area (Å²) >= 11 is 2.75. The maximum absolute atomic E-state index is 11.1. The van der Waals surface area contributed by atoms with Crippen molar-refractivity contribution in [3.05, 3.63) is 245 Å². The zero-order valence-corrected chi connectivity index (χ0v) is 52.0. The van der Waals surface area contributed by atoms with Crippen LogP contribution in [0.25, 0.3) is 11.0 Å². The van der Waals surface area contributed by atoms with E-state index in [0.29, 0.717) is 57.1 Å². The van der Waals surface area contributed by atoms with Crippen LogP contribution in [0.4, 0.5) is 11.4 Å². The quantitative estimate of drug-likeness (QED) is 0.0825. The number of aryl methyl sites for hydroxylation is 8. The van der Waals surface area contributed by atoms with E-state index in [0.717, 1.165) is 83.3 Å². The van der Waals surface area contributed by atoms with Crippen molar-refractivity contribution in [1.29, 1.82) is 0 Å². The van der Waals surface area contributed by atoms with Crippen LogP contribution in [0.3, 0.4) is 0 Å². The van der Waals surface area contributed by atoms with Gasteiger partial charge in [0.15, 0.2) is 10.2 Å². The molecule has 0 unspecified atom stereocenters. The predicted octanol–water partition coefficient (Wildman–Crippen LogP) is 13.1. The molecule has 0 fully saturated rings. The van der Waals surface area contributed by atoms with Crippen LogP contribution in [0.1, 0.15) is 89.0 Å². The number of aromatic nitrogens is 2. The van der Waals surface area contributed by atoms with E-state index >= 15 is 0 Å². The number of rotatable bonds is 0. The summed E-state index contributed by atoms with van der Waals surface area (Å²) in [6, 6.07) is 47.5. The van der Waals surface area contributed by atoms with Gasteiger partial charge in [0.25, 0.3) is 0 Å². The highest BCUT2D eigenvalue weighted by Crippen LogP contribution is 2.36. The largest absolute Gasteiger partial charge is 0.426 e. The highest BCUT2D eigenvalue weighted by atomic mass is 32.2. The van der Waals surface area contributed by atoms with Crippen molar-refractivity contribution >= 4 is 85.7 Å². The summed E-state index contributed by atoms with van der Waals surface area (Å²) in [4.78, 5) is 95.2. The number of thioether (sulfide) groups is 2. The van der Waals surface area contributed by atoms with Gasteiger partial charge in [0.2, 0.25) is 11.8 Å². The third kappa shape index (κ3) is 15.8. The third-order valence-electron chi connectivity index (χ3n) is 15.5. The monoisotopic (exact) mass is 1210 g/mol. The standard InChI is InChI=1S/C10H10O.2C9H9NO.2C9H8O2.2C9H8OS.C8H8N2O/c1-7-3-2-4-8-5-9(11)6-10(7)8;1-6-3-2-4-8-7(6)5-9(11)10-8;1-6-3-2-4-7-5-8(11)10-9(6)7;1-6-3-2-4-8-7(6)5-9(10)11-8;1-6-3-2-4-7-5-8(10)11-9(6)7;1-6-3-2-4-8-7(6)5-9(10)11-8;1-6-3-2-4-7-5-8(10)11-9(6)7;1-5-3-2-4-6-7(5)10-8(11)9-6/h2-4H,5-6H2,1H3;2*2-4H,5H2,1H3,(H,10,11);4*2-4H,5H2,1H3;2-4H,1H3,(H2,9,10,11). The highest BCUT2D eigenvalue weighted by molar-refractivity contribution is 8.14. The van der Waals surface area contributed by atoms with Gasteiger partial charge < -0.3 is 30.1 Å². The Hall–Kier alpha value is -9.38. The molecule has 16 heteroatoms. The molecule has 4 N–H and O–H groups in total. The number of benzene rings is 8. The second-order valence-electron chi connectivity index (χ2n) is 22.2. The second kappa shape index (κ2) is 28.4. The topological polar surface area (TPSA) is 211 Å². The van der Waals surface area contributed by atoms with Gasteiger partial charge in [-0.25, -0.2) is 4.79 Å². The number of amides is 2. The summed E-state index contributed by atoms with van der Waals surface area (Å²) in [7, 11) is 0. The van der Waals surface area contributed by atoms with Crippen LogP contribution in [0.5, 0.6) is 11.5 Å². The Balaban J connectivity index is 0.000000120. The van der Waals surface area contributed by atoms with E-state index in [9.17, 15) is 38.4 Å². The Bertz CT molecular complexity index is 3650. The minimum absolute atomic E-state index is 0.106. The van der Waals surface area contributed by atoms with Gasteiger partial charge in [-0.15, -0.1) is 0 Å². The zero-order chi connectivity index (χ0) is 62.8. The van der Waals surface area contributed by atoms with E-state index in [1.165, 1.54) is 72.9 Å². The van der Waals surface area contributed by atoms with Gasteiger partial charge in [-0.2, -0.15) is 0 Å². The first-order chi connectivity index (χ1) is 42.2. The molecule has 0 radical (unpaired) electrons. The Morgan fingerprint density at radius 2 is 0.932 bits per heavy atom. The predicted molar refractivity (Wildman–Crippen MR) is 347 cm³/mol. The van der Waals surface area contributed by atoms with Crippen molar-refractivity contribution in [2.75, 3.05) is 10.6 Å². The number of anilines is 2. The van der Waals surface area contributed by atoms with Gasteiger partial charge >= 0.3 is 17.6 Å². The van der Waals surface area contributed by atoms with Crippen LogP contribution in [-0.4, -0.2) is 49.7 Å². The van der Waals surface area contributed by atoms with Gasteiger partial charge in [0, 0.05) is 58.0 Å². The Labute approximate surface area is 519 Å². The molecule has 2 amide bonds. The zero-order valence-electron chi connectivity index (χ0n) is 50.4. The molecule has 0 spiro atoms. The Morgan fingerprint density at radius 1 is 0.375 bits per heavy atom. The number of H-pyrrole nitrogens is 2. The van der Waals surface area contributed by atoms with E-state index in [-0.39, 0.29) is 39.7 Å². The minimum atomic E-state index is -0.144. The fraction of sp³-hybridized carbons (Fsp3) is 0.222. The normalized spacial score (nSPS) is 14.2. The second-order valence-corrected chi connectivity index (χ2v) is 24.3. The molecule has 0 bridgehead atoms. The molecule has 448 valence electrons. The van der Waals surface area contributed by atoms with Crippen LogP contribution in [0, 0.1) is 55.4 Å². The van der Waals surface area contributed by atoms with Crippen LogP contribution >= 0.6 is 23.5 Å². The number of Topliss-reactive ketones (excluding diaryl/α,β-unsaturated/α-hetero) is 1. The third-order valence-corrected chi connectivity index (χ3v) is 17.7. The fourth-order valence-corrected chi connectivity index (χ4v) is 12.8. The number of hydrogen-bond donors (Lipinski definition) is 4. The summed E-state index contributed by atoms with van der Waals surface area (Å²) in [6.45, 7) is 16.1. The molecule has 16 rings (SSSR count). The van der Waals surface area contributed by atoms with Crippen LogP contribution in [0.2, 0.25) is 0 Å². The molecule has 9 aromatic rings. The van der Waals surface area contributed by atoms with Gasteiger partial charge in [0.1, 0.15) is 17.3 Å². The molecule has 8 aromatic carbocycles. The van der Waals surface area contributed by atoms with Gasteiger partial charge in [-0.1, -0.05) is 145 Å². The molecular formula is C72H68N4O10S2. The summed E-state index contributed by atoms with van der Waals surface area (Å²) in [5.74, 6) is 1.77. The number of fused-ring (bicyclic) bond motifs is 8. The number of carbonyl (C=O) groups is 7. The highest BCUT2D eigenvalue weighted by Gasteiger charge is 2.25. The van der Waals surface area contributed by atoms with Gasteiger partial charge in [-0.05, 0) is 158 Å². The SMILES string of the molecule is Cc1cccc2[nH]c(=O)[nH]c12.Cc1cccc2c1CC(=O)C2.Cc1cccc2c1CC(=O)N2.Cc1cccc2c1CC(=O)O2.Cc1cccc2c1CC(=O)S2.Cc1cccc2c1NC(=O)C2.Cc1cccc2c1OC(=O)C2.Cc1cccc2c1SC(=O)C2. The molecule has 1 aromatic heterocycles. The van der Waals surface area contributed by atoms with Crippen molar-refractivity contribution in [1.82, 2.24) is 9.97 Å². The van der Waals surface area contributed by atoms with Crippen molar-refractivity contribution < 1.29 is 43.0 Å². The average Bonchev–Trinajstić information content (AvgIpc) is 4.57.